The SMILES string of the molecule is O=C(O)c1cc(-c2cccc(/C=C/COc3cccc(O)c3[N+](=O)[O-])c2)on1. The topological polar surface area (TPSA) is 136 Å². The lowest BCUT2D eigenvalue weighted by atomic mass is 10.1. The van der Waals surface area contributed by atoms with Crippen molar-refractivity contribution >= 4 is 17.7 Å². The van der Waals surface area contributed by atoms with E-state index in [0.717, 1.165) is 5.56 Å². The van der Waals surface area contributed by atoms with E-state index in [1.54, 1.807) is 30.4 Å². The monoisotopic (exact) mass is 382 g/mol. The molecule has 0 aliphatic heterocycles. The molecule has 28 heavy (non-hydrogen) atoms. The number of phenols is 1. The molecule has 0 amide bonds. The van der Waals surface area contributed by atoms with E-state index < -0.39 is 22.3 Å². The smallest absolute Gasteiger partial charge is 0.358 e. The van der Waals surface area contributed by atoms with Gasteiger partial charge in [-0.25, -0.2) is 4.79 Å². The zero-order valence-electron chi connectivity index (χ0n) is 14.3. The standard InChI is InChI=1S/C19H14N2O7/c22-15-7-2-8-16(18(15)21(25)26)27-9-3-5-12-4-1-6-13(10-12)17-11-14(19(23)24)20-28-17/h1-8,10-11,22H,9H2,(H,23,24)/b5-3+. The lowest BCUT2D eigenvalue weighted by Gasteiger charge is -2.05. The fourth-order valence-electron chi connectivity index (χ4n) is 2.44. The number of nitrogens with zero attached hydrogens (tertiary/aromatic N) is 2. The van der Waals surface area contributed by atoms with Crippen LogP contribution in [0.5, 0.6) is 11.5 Å². The molecule has 0 atom stereocenters. The summed E-state index contributed by atoms with van der Waals surface area (Å²) >= 11 is 0. The van der Waals surface area contributed by atoms with Crippen molar-refractivity contribution in [2.75, 3.05) is 6.61 Å². The van der Waals surface area contributed by atoms with Gasteiger partial charge in [0.1, 0.15) is 6.61 Å². The number of hydrogen-bond acceptors (Lipinski definition) is 7. The molecule has 1 heterocycles. The summed E-state index contributed by atoms with van der Waals surface area (Å²) in [6, 6.07) is 12.5. The summed E-state index contributed by atoms with van der Waals surface area (Å²) in [5, 5.41) is 33.0. The van der Waals surface area contributed by atoms with Gasteiger partial charge in [0.05, 0.1) is 4.92 Å². The second-order valence-corrected chi connectivity index (χ2v) is 5.60. The van der Waals surface area contributed by atoms with Crippen LogP contribution in [-0.4, -0.2) is 32.9 Å². The van der Waals surface area contributed by atoms with E-state index in [9.17, 15) is 20.0 Å². The Balaban J connectivity index is 1.69. The Labute approximate surface area is 158 Å². The molecule has 0 fully saturated rings. The van der Waals surface area contributed by atoms with Gasteiger partial charge in [0.2, 0.25) is 5.75 Å². The molecule has 0 saturated heterocycles. The third kappa shape index (κ3) is 4.15. The highest BCUT2D eigenvalue weighted by Crippen LogP contribution is 2.35. The molecule has 0 unspecified atom stereocenters. The first-order chi connectivity index (χ1) is 13.5. The first kappa shape index (κ1) is 18.6. The lowest BCUT2D eigenvalue weighted by molar-refractivity contribution is -0.386. The number of carbonyl (C=O) groups is 1. The van der Waals surface area contributed by atoms with Gasteiger partial charge in [-0.3, -0.25) is 10.1 Å². The summed E-state index contributed by atoms with van der Waals surface area (Å²) in [5.41, 5.74) is 0.751. The zero-order chi connectivity index (χ0) is 20.1. The summed E-state index contributed by atoms with van der Waals surface area (Å²) < 4.78 is 10.4. The summed E-state index contributed by atoms with van der Waals surface area (Å²) in [4.78, 5) is 21.2. The van der Waals surface area contributed by atoms with E-state index >= 15 is 0 Å². The van der Waals surface area contributed by atoms with Crippen LogP contribution in [0.4, 0.5) is 5.69 Å². The largest absolute Gasteiger partial charge is 0.502 e. The highest BCUT2D eigenvalue weighted by molar-refractivity contribution is 5.86. The Morgan fingerprint density at radius 3 is 2.75 bits per heavy atom. The van der Waals surface area contributed by atoms with Crippen molar-refractivity contribution < 1.29 is 29.2 Å². The molecular formula is C19H14N2O7. The van der Waals surface area contributed by atoms with Crippen molar-refractivity contribution in [1.82, 2.24) is 5.16 Å². The van der Waals surface area contributed by atoms with Gasteiger partial charge in [-0.05, 0) is 29.8 Å². The first-order valence-electron chi connectivity index (χ1n) is 8.02. The molecule has 2 aromatic carbocycles. The number of carboxylic acids is 1. The second-order valence-electron chi connectivity index (χ2n) is 5.60. The van der Waals surface area contributed by atoms with Crippen LogP contribution >= 0.6 is 0 Å². The van der Waals surface area contributed by atoms with E-state index in [1.807, 2.05) is 6.07 Å². The number of aromatic nitrogens is 1. The van der Waals surface area contributed by atoms with Crippen molar-refractivity contribution in [3.05, 3.63) is 76.0 Å². The Kier molecular flexibility index (Phi) is 5.35. The lowest BCUT2D eigenvalue weighted by Crippen LogP contribution is -1.98. The number of rotatable bonds is 7. The Morgan fingerprint density at radius 2 is 2.04 bits per heavy atom. The van der Waals surface area contributed by atoms with Gasteiger partial charge in [-0.2, -0.15) is 0 Å². The molecule has 9 heteroatoms. The van der Waals surface area contributed by atoms with Crippen molar-refractivity contribution in [3.63, 3.8) is 0 Å². The quantitative estimate of drug-likeness (QED) is 0.466. The predicted molar refractivity (Wildman–Crippen MR) is 98.2 cm³/mol. The fourth-order valence-corrected chi connectivity index (χ4v) is 2.44. The average Bonchev–Trinajstić information content (AvgIpc) is 3.16. The van der Waals surface area contributed by atoms with Gasteiger partial charge in [0.15, 0.2) is 17.2 Å². The van der Waals surface area contributed by atoms with E-state index in [-0.39, 0.29) is 18.1 Å². The van der Waals surface area contributed by atoms with Crippen LogP contribution in [0, 0.1) is 10.1 Å². The minimum absolute atomic E-state index is 0.0359. The van der Waals surface area contributed by atoms with Gasteiger partial charge in [-0.1, -0.05) is 35.5 Å². The van der Waals surface area contributed by atoms with Gasteiger partial charge in [0, 0.05) is 11.6 Å². The molecule has 142 valence electrons. The van der Waals surface area contributed by atoms with Crippen molar-refractivity contribution in [2.24, 2.45) is 0 Å². The minimum Gasteiger partial charge on any atom is -0.502 e. The number of aromatic carboxylic acids is 1. The molecule has 3 aromatic rings. The fraction of sp³-hybridized carbons (Fsp3) is 0.0526. The zero-order valence-corrected chi connectivity index (χ0v) is 14.3. The van der Waals surface area contributed by atoms with Gasteiger partial charge in [-0.15, -0.1) is 0 Å². The molecule has 0 bridgehead atoms. The van der Waals surface area contributed by atoms with Gasteiger partial charge >= 0.3 is 11.7 Å². The number of hydrogen-bond donors (Lipinski definition) is 2. The van der Waals surface area contributed by atoms with E-state index in [1.165, 1.54) is 24.3 Å². The Bertz CT molecular complexity index is 1060. The Morgan fingerprint density at radius 1 is 1.25 bits per heavy atom. The molecule has 3 rings (SSSR count). The van der Waals surface area contributed by atoms with Crippen LogP contribution in [-0.2, 0) is 0 Å². The second kappa shape index (κ2) is 8.04. The highest BCUT2D eigenvalue weighted by atomic mass is 16.6. The molecule has 2 N–H and O–H groups in total. The molecule has 0 aliphatic rings. The highest BCUT2D eigenvalue weighted by Gasteiger charge is 2.20. The summed E-state index contributed by atoms with van der Waals surface area (Å²) in [6.45, 7) is 0.0417. The maximum atomic E-state index is 11.0. The maximum absolute atomic E-state index is 11.0. The summed E-state index contributed by atoms with van der Waals surface area (Å²) in [6.07, 6.45) is 3.38. The third-order valence-corrected chi connectivity index (χ3v) is 3.71. The first-order valence-corrected chi connectivity index (χ1v) is 8.02. The summed E-state index contributed by atoms with van der Waals surface area (Å²) in [7, 11) is 0. The van der Waals surface area contributed by atoms with Crippen molar-refractivity contribution in [1.29, 1.82) is 0 Å². The van der Waals surface area contributed by atoms with Crippen LogP contribution in [0.25, 0.3) is 17.4 Å². The van der Waals surface area contributed by atoms with Gasteiger partial charge < -0.3 is 19.5 Å². The molecule has 9 nitrogen and oxygen atoms in total. The third-order valence-electron chi connectivity index (χ3n) is 3.71. The molecule has 0 spiro atoms. The normalized spacial score (nSPS) is 10.9. The number of aromatic hydroxyl groups is 1. The molecule has 0 saturated carbocycles. The number of para-hydroxylation sites is 1. The average molecular weight is 382 g/mol. The van der Waals surface area contributed by atoms with Crippen molar-refractivity contribution in [3.8, 4) is 22.8 Å². The number of benzene rings is 2. The maximum Gasteiger partial charge on any atom is 0.358 e. The van der Waals surface area contributed by atoms with E-state index in [0.29, 0.717) is 11.3 Å². The number of nitro groups is 1. The van der Waals surface area contributed by atoms with Crippen molar-refractivity contribution in [2.45, 2.75) is 0 Å². The van der Waals surface area contributed by atoms with Crippen LogP contribution < -0.4 is 4.74 Å². The number of carboxylic acid groups (broad SMARTS) is 1. The molecule has 0 radical (unpaired) electrons. The number of nitro benzene ring substituents is 1. The van der Waals surface area contributed by atoms with Gasteiger partial charge in [0.25, 0.3) is 0 Å². The van der Waals surface area contributed by atoms with E-state index in [4.69, 9.17) is 14.4 Å². The molecule has 1 aromatic heterocycles. The number of ether oxygens (including phenoxy) is 1. The number of phenolic OH excluding ortho intramolecular Hbond substituents is 1. The molecular weight excluding hydrogens is 368 g/mol. The van der Waals surface area contributed by atoms with Crippen LogP contribution in [0.1, 0.15) is 16.1 Å². The molecule has 0 aliphatic carbocycles. The minimum atomic E-state index is -1.18. The van der Waals surface area contributed by atoms with E-state index in [2.05, 4.69) is 5.16 Å². The predicted octanol–water partition coefficient (Wildman–Crippen LogP) is 3.75. The Hall–Kier alpha value is -4.14. The van der Waals surface area contributed by atoms with Crippen LogP contribution in [0.3, 0.4) is 0 Å². The summed E-state index contributed by atoms with van der Waals surface area (Å²) in [5.74, 6) is -1.36. The van der Waals surface area contributed by atoms with Crippen LogP contribution in [0.2, 0.25) is 0 Å². The van der Waals surface area contributed by atoms with Crippen LogP contribution in [0.15, 0.2) is 59.1 Å².